The van der Waals surface area contributed by atoms with Crippen molar-refractivity contribution in [2.24, 2.45) is 0 Å². The zero-order valence-corrected chi connectivity index (χ0v) is 12.7. The van der Waals surface area contributed by atoms with Crippen molar-refractivity contribution in [1.82, 2.24) is 0 Å². The number of para-hydroxylation sites is 1. The molecule has 110 valence electrons. The third kappa shape index (κ3) is 5.68. The summed E-state index contributed by atoms with van der Waals surface area (Å²) in [7, 11) is 0. The van der Waals surface area contributed by atoms with Gasteiger partial charge in [0.25, 0.3) is 0 Å². The highest BCUT2D eigenvalue weighted by molar-refractivity contribution is 5.45. The summed E-state index contributed by atoms with van der Waals surface area (Å²) in [4.78, 5) is 0. The van der Waals surface area contributed by atoms with E-state index in [9.17, 15) is 0 Å². The van der Waals surface area contributed by atoms with E-state index in [0.717, 1.165) is 17.7 Å². The summed E-state index contributed by atoms with van der Waals surface area (Å²) in [6.07, 6.45) is 13.0. The van der Waals surface area contributed by atoms with Gasteiger partial charge in [-0.1, -0.05) is 79.4 Å². The van der Waals surface area contributed by atoms with Gasteiger partial charge in [0.1, 0.15) is 0 Å². The second kappa shape index (κ2) is 9.19. The maximum atomic E-state index is 3.85. The number of hydrogen-bond acceptors (Lipinski definition) is 1. The largest absolute Gasteiger partial charge is 0.362 e. The third-order valence-electron chi connectivity index (χ3n) is 3.15. The van der Waals surface area contributed by atoms with Crippen molar-refractivity contribution in [1.29, 1.82) is 0 Å². The Labute approximate surface area is 133 Å². The van der Waals surface area contributed by atoms with E-state index in [0.29, 0.717) is 0 Å². The van der Waals surface area contributed by atoms with Crippen LogP contribution in [-0.4, -0.2) is 0 Å². The van der Waals surface area contributed by atoms with Crippen LogP contribution in [0.3, 0.4) is 0 Å². The first-order chi connectivity index (χ1) is 10.9. The normalized spacial score (nSPS) is 11.9. The van der Waals surface area contributed by atoms with E-state index in [2.05, 4.69) is 48.3 Å². The van der Waals surface area contributed by atoms with E-state index in [4.69, 9.17) is 0 Å². The number of benzene rings is 2. The molecule has 0 atom stereocenters. The van der Waals surface area contributed by atoms with Crippen LogP contribution in [0.1, 0.15) is 5.56 Å². The molecule has 0 spiro atoms. The molecule has 0 amide bonds. The molecule has 0 aliphatic carbocycles. The number of allylic oxidation sites excluding steroid dienone is 6. The van der Waals surface area contributed by atoms with Crippen LogP contribution in [0.25, 0.3) is 0 Å². The van der Waals surface area contributed by atoms with Crippen LogP contribution in [-0.2, 0) is 6.42 Å². The van der Waals surface area contributed by atoms with Gasteiger partial charge in [0, 0.05) is 11.9 Å². The molecule has 0 saturated heterocycles. The summed E-state index contributed by atoms with van der Waals surface area (Å²) in [6.45, 7) is 3.85. The van der Waals surface area contributed by atoms with Crippen LogP contribution in [0.15, 0.2) is 109 Å². The summed E-state index contributed by atoms with van der Waals surface area (Å²) in [5.41, 5.74) is 3.47. The number of nitrogens with one attached hydrogen (secondary N) is 1. The van der Waals surface area contributed by atoms with E-state index >= 15 is 0 Å². The molecule has 22 heavy (non-hydrogen) atoms. The van der Waals surface area contributed by atoms with E-state index in [1.165, 1.54) is 5.56 Å². The molecule has 2 aromatic carbocycles. The fraction of sp³-hybridized carbons (Fsp3) is 0.0476. The monoisotopic (exact) mass is 287 g/mol. The Kier molecular flexibility index (Phi) is 6.51. The Hall–Kier alpha value is -2.80. The van der Waals surface area contributed by atoms with Gasteiger partial charge in [-0.3, -0.25) is 0 Å². The molecule has 2 aromatic rings. The molecule has 0 saturated carbocycles. The van der Waals surface area contributed by atoms with Crippen LogP contribution in [0.5, 0.6) is 0 Å². The van der Waals surface area contributed by atoms with Crippen molar-refractivity contribution < 1.29 is 0 Å². The lowest BCUT2D eigenvalue weighted by molar-refractivity contribution is 1.27. The van der Waals surface area contributed by atoms with E-state index in [-0.39, 0.29) is 0 Å². The van der Waals surface area contributed by atoms with Crippen molar-refractivity contribution in [2.45, 2.75) is 6.42 Å². The zero-order chi connectivity index (χ0) is 15.5. The average molecular weight is 287 g/mol. The topological polar surface area (TPSA) is 12.0 Å². The number of rotatable bonds is 7. The molecule has 0 aromatic heterocycles. The first-order valence-electron chi connectivity index (χ1n) is 7.40. The summed E-state index contributed by atoms with van der Waals surface area (Å²) in [5, 5.41) is 3.22. The van der Waals surface area contributed by atoms with Gasteiger partial charge in [-0.05, 0) is 35.8 Å². The first-order valence-corrected chi connectivity index (χ1v) is 7.40. The molecular weight excluding hydrogens is 266 g/mol. The summed E-state index contributed by atoms with van der Waals surface area (Å²) in [5.74, 6) is 0. The highest BCUT2D eigenvalue weighted by Crippen LogP contribution is 2.06. The lowest BCUT2D eigenvalue weighted by atomic mass is 10.1. The molecular formula is C21H21N. The SMILES string of the molecule is C=CC(/C=C\Cc1ccccc1)=C/C=C/Nc1ccccc1. The molecule has 1 N–H and O–H groups in total. The molecule has 0 aliphatic rings. The van der Waals surface area contributed by atoms with Crippen LogP contribution in [0, 0.1) is 0 Å². The molecule has 0 radical (unpaired) electrons. The van der Waals surface area contributed by atoms with Crippen LogP contribution >= 0.6 is 0 Å². The lowest BCUT2D eigenvalue weighted by Crippen LogP contribution is -1.85. The second-order valence-corrected chi connectivity index (χ2v) is 4.83. The maximum absolute atomic E-state index is 3.85. The summed E-state index contributed by atoms with van der Waals surface area (Å²) < 4.78 is 0. The van der Waals surface area contributed by atoms with Crippen LogP contribution < -0.4 is 5.32 Å². The van der Waals surface area contributed by atoms with Crippen molar-refractivity contribution in [3.05, 3.63) is 115 Å². The van der Waals surface area contributed by atoms with Gasteiger partial charge in [-0.2, -0.15) is 0 Å². The predicted molar refractivity (Wildman–Crippen MR) is 96.8 cm³/mol. The molecule has 0 bridgehead atoms. The Morgan fingerprint density at radius 3 is 2.32 bits per heavy atom. The van der Waals surface area contributed by atoms with Crippen LogP contribution in [0.4, 0.5) is 5.69 Å². The van der Waals surface area contributed by atoms with Crippen molar-refractivity contribution >= 4 is 5.69 Å². The van der Waals surface area contributed by atoms with Gasteiger partial charge in [0.15, 0.2) is 0 Å². The minimum atomic E-state index is 0.929. The minimum absolute atomic E-state index is 0.929. The molecule has 1 nitrogen and oxygen atoms in total. The van der Waals surface area contributed by atoms with Crippen molar-refractivity contribution in [2.75, 3.05) is 5.32 Å². The van der Waals surface area contributed by atoms with E-state index in [1.54, 1.807) is 0 Å². The minimum Gasteiger partial charge on any atom is -0.362 e. The Bertz CT molecular complexity index is 649. The Morgan fingerprint density at radius 2 is 1.64 bits per heavy atom. The van der Waals surface area contributed by atoms with Crippen molar-refractivity contribution in [3.8, 4) is 0 Å². The van der Waals surface area contributed by atoms with Gasteiger partial charge >= 0.3 is 0 Å². The summed E-state index contributed by atoms with van der Waals surface area (Å²) >= 11 is 0. The molecule has 0 fully saturated rings. The van der Waals surface area contributed by atoms with Gasteiger partial charge < -0.3 is 5.32 Å². The zero-order valence-electron chi connectivity index (χ0n) is 12.7. The average Bonchev–Trinajstić information content (AvgIpc) is 2.59. The molecule has 1 heteroatoms. The fourth-order valence-corrected chi connectivity index (χ4v) is 1.97. The lowest BCUT2D eigenvalue weighted by Gasteiger charge is -1.98. The molecule has 0 heterocycles. The van der Waals surface area contributed by atoms with Gasteiger partial charge in [0.2, 0.25) is 0 Å². The van der Waals surface area contributed by atoms with E-state index < -0.39 is 0 Å². The van der Waals surface area contributed by atoms with Crippen molar-refractivity contribution in [3.63, 3.8) is 0 Å². The number of hydrogen-bond donors (Lipinski definition) is 1. The molecule has 0 unspecified atom stereocenters. The smallest absolute Gasteiger partial charge is 0.0379 e. The Balaban J connectivity index is 1.86. The number of anilines is 1. The predicted octanol–water partition coefficient (Wildman–Crippen LogP) is 5.52. The first kappa shape index (κ1) is 15.6. The Morgan fingerprint density at radius 1 is 0.955 bits per heavy atom. The van der Waals surface area contributed by atoms with Gasteiger partial charge in [-0.25, -0.2) is 0 Å². The van der Waals surface area contributed by atoms with Crippen LogP contribution in [0.2, 0.25) is 0 Å². The fourth-order valence-electron chi connectivity index (χ4n) is 1.97. The summed E-state index contributed by atoms with van der Waals surface area (Å²) in [6, 6.07) is 20.5. The molecule has 2 rings (SSSR count). The maximum Gasteiger partial charge on any atom is 0.0379 e. The van der Waals surface area contributed by atoms with Gasteiger partial charge in [0.05, 0.1) is 0 Å². The molecule has 0 aliphatic heterocycles. The van der Waals surface area contributed by atoms with Gasteiger partial charge in [-0.15, -0.1) is 0 Å². The second-order valence-electron chi connectivity index (χ2n) is 4.83. The third-order valence-corrected chi connectivity index (χ3v) is 3.15. The quantitative estimate of drug-likeness (QED) is 0.661. The van der Waals surface area contributed by atoms with E-state index in [1.807, 2.05) is 60.8 Å². The standard InChI is InChI=1S/C21H21N/c1-2-19(13-9-14-20-11-5-3-6-12-20)15-10-18-22-21-16-7-4-8-17-21/h2-13,15-18,22H,1,14H2/b13-9-,18-10+,19-15-. The highest BCUT2D eigenvalue weighted by atomic mass is 14.8. The highest BCUT2D eigenvalue weighted by Gasteiger charge is 1.87.